The molecule has 0 spiro atoms. The fourth-order valence-corrected chi connectivity index (χ4v) is 1.63. The summed E-state index contributed by atoms with van der Waals surface area (Å²) in [5.74, 6) is -2.57. The quantitative estimate of drug-likeness (QED) is 0.382. The predicted molar refractivity (Wildman–Crippen MR) is 64.3 cm³/mol. The molecule has 1 aliphatic heterocycles. The Morgan fingerprint density at radius 2 is 2.00 bits per heavy atom. The molecule has 0 radical (unpaired) electrons. The molecule has 1 rings (SSSR count). The van der Waals surface area contributed by atoms with Gasteiger partial charge in [-0.15, -0.1) is 0 Å². The smallest absolute Gasteiger partial charge is 0.350 e. The number of hydrogen-bond donors (Lipinski definition) is 2. The number of rotatable bonds is 7. The van der Waals surface area contributed by atoms with Gasteiger partial charge in [0.05, 0.1) is 13.2 Å². The Labute approximate surface area is 111 Å². The molecular formula is C12H19NO6. The number of esters is 1. The van der Waals surface area contributed by atoms with Crippen molar-refractivity contribution in [2.45, 2.75) is 38.8 Å². The molecular weight excluding hydrogens is 254 g/mol. The van der Waals surface area contributed by atoms with E-state index in [4.69, 9.17) is 14.6 Å². The third kappa shape index (κ3) is 3.66. The number of carboxylic acid groups (broad SMARTS) is 1. The molecule has 0 saturated carbocycles. The molecule has 7 heteroatoms. The van der Waals surface area contributed by atoms with Crippen LogP contribution < -0.4 is 5.32 Å². The van der Waals surface area contributed by atoms with Crippen LogP contribution in [0.3, 0.4) is 0 Å². The summed E-state index contributed by atoms with van der Waals surface area (Å²) in [5.41, 5.74) is -1.65. The molecule has 0 unspecified atom stereocenters. The SMILES string of the molecule is CCOC(=O)[C@@]1(C(=O)N[C@@H](CC(C)C)C(=O)O)CO1. The van der Waals surface area contributed by atoms with Gasteiger partial charge in [-0.3, -0.25) is 4.79 Å². The van der Waals surface area contributed by atoms with Crippen LogP contribution in [-0.4, -0.2) is 47.8 Å². The standard InChI is InChI=1S/C12H19NO6/c1-4-18-11(17)12(6-19-12)10(16)13-8(9(14)15)5-7(2)3/h7-8H,4-6H2,1-3H3,(H,13,16)(H,14,15)/t8-,12-/m0/s1. The monoisotopic (exact) mass is 273 g/mol. The zero-order valence-corrected chi connectivity index (χ0v) is 11.3. The molecule has 0 aromatic heterocycles. The first-order valence-corrected chi connectivity index (χ1v) is 6.18. The number of carbonyl (C=O) groups excluding carboxylic acids is 2. The largest absolute Gasteiger partial charge is 0.480 e. The number of carbonyl (C=O) groups is 3. The van der Waals surface area contributed by atoms with E-state index in [9.17, 15) is 14.4 Å². The molecule has 0 aromatic rings. The lowest BCUT2D eigenvalue weighted by Gasteiger charge is -2.18. The number of carboxylic acids is 1. The Balaban J connectivity index is 2.67. The van der Waals surface area contributed by atoms with Gasteiger partial charge in [-0.25, -0.2) is 9.59 Å². The Morgan fingerprint density at radius 3 is 2.37 bits per heavy atom. The summed E-state index contributed by atoms with van der Waals surface area (Å²) in [7, 11) is 0. The van der Waals surface area contributed by atoms with Gasteiger partial charge in [-0.05, 0) is 19.3 Å². The average molecular weight is 273 g/mol. The second-order valence-electron chi connectivity index (χ2n) is 4.83. The van der Waals surface area contributed by atoms with E-state index in [0.29, 0.717) is 0 Å². The van der Waals surface area contributed by atoms with Crippen molar-refractivity contribution in [3.63, 3.8) is 0 Å². The van der Waals surface area contributed by atoms with Crippen molar-refractivity contribution in [2.75, 3.05) is 13.2 Å². The van der Waals surface area contributed by atoms with Gasteiger partial charge in [0.2, 0.25) is 0 Å². The molecule has 2 atom stereocenters. The van der Waals surface area contributed by atoms with Crippen LogP contribution in [0, 0.1) is 5.92 Å². The van der Waals surface area contributed by atoms with Gasteiger partial charge in [0.1, 0.15) is 6.04 Å². The lowest BCUT2D eigenvalue weighted by Crippen LogP contribution is -2.51. The van der Waals surface area contributed by atoms with Gasteiger partial charge >= 0.3 is 11.9 Å². The average Bonchev–Trinajstić information content (AvgIpc) is 3.08. The normalized spacial score (nSPS) is 22.7. The minimum Gasteiger partial charge on any atom is -0.480 e. The number of amides is 1. The van der Waals surface area contributed by atoms with Crippen molar-refractivity contribution in [1.29, 1.82) is 0 Å². The molecule has 1 saturated heterocycles. The molecule has 0 aliphatic carbocycles. The maximum Gasteiger partial charge on any atom is 0.350 e. The maximum absolute atomic E-state index is 11.9. The van der Waals surface area contributed by atoms with Crippen LogP contribution in [0.15, 0.2) is 0 Å². The first kappa shape index (κ1) is 15.4. The van der Waals surface area contributed by atoms with E-state index in [0.717, 1.165) is 0 Å². The maximum atomic E-state index is 11.9. The summed E-state index contributed by atoms with van der Waals surface area (Å²) in [6, 6.07) is -1.04. The molecule has 1 amide bonds. The second-order valence-corrected chi connectivity index (χ2v) is 4.83. The van der Waals surface area contributed by atoms with E-state index in [1.54, 1.807) is 6.92 Å². The fourth-order valence-electron chi connectivity index (χ4n) is 1.63. The Hall–Kier alpha value is -1.63. The van der Waals surface area contributed by atoms with E-state index >= 15 is 0 Å². The van der Waals surface area contributed by atoms with Crippen LogP contribution in [0.25, 0.3) is 0 Å². The number of hydrogen-bond acceptors (Lipinski definition) is 5. The van der Waals surface area contributed by atoms with Crippen LogP contribution in [0.2, 0.25) is 0 Å². The predicted octanol–water partition coefficient (Wildman–Crippen LogP) is -0.0660. The molecule has 19 heavy (non-hydrogen) atoms. The van der Waals surface area contributed by atoms with Gasteiger partial charge in [-0.1, -0.05) is 13.8 Å². The first-order valence-electron chi connectivity index (χ1n) is 6.18. The number of epoxide rings is 1. The van der Waals surface area contributed by atoms with Crippen molar-refractivity contribution in [2.24, 2.45) is 5.92 Å². The highest BCUT2D eigenvalue weighted by Gasteiger charge is 2.61. The Bertz CT molecular complexity index is 374. The third-order valence-corrected chi connectivity index (χ3v) is 2.72. The number of aliphatic carboxylic acids is 1. The van der Waals surface area contributed by atoms with Crippen LogP contribution in [0.1, 0.15) is 27.2 Å². The van der Waals surface area contributed by atoms with Gasteiger partial charge in [0.15, 0.2) is 0 Å². The Kier molecular flexibility index (Phi) is 4.88. The minimum atomic E-state index is -1.65. The zero-order chi connectivity index (χ0) is 14.6. The zero-order valence-electron chi connectivity index (χ0n) is 11.3. The molecule has 7 nitrogen and oxygen atoms in total. The van der Waals surface area contributed by atoms with Crippen molar-refractivity contribution >= 4 is 17.8 Å². The summed E-state index contributed by atoms with van der Waals surface area (Å²) in [5, 5.41) is 11.4. The summed E-state index contributed by atoms with van der Waals surface area (Å²) in [4.78, 5) is 34.6. The van der Waals surface area contributed by atoms with Gasteiger partial charge in [-0.2, -0.15) is 0 Å². The minimum absolute atomic E-state index is 0.0777. The van der Waals surface area contributed by atoms with Gasteiger partial charge < -0.3 is 19.9 Å². The highest BCUT2D eigenvalue weighted by atomic mass is 16.6. The van der Waals surface area contributed by atoms with E-state index < -0.39 is 29.5 Å². The molecule has 1 heterocycles. The van der Waals surface area contributed by atoms with Crippen molar-refractivity contribution < 1.29 is 29.0 Å². The highest BCUT2D eigenvalue weighted by molar-refractivity contribution is 6.09. The summed E-state index contributed by atoms with van der Waals surface area (Å²) < 4.78 is 9.62. The number of nitrogens with one attached hydrogen (secondary N) is 1. The molecule has 108 valence electrons. The Morgan fingerprint density at radius 1 is 1.42 bits per heavy atom. The summed E-state index contributed by atoms with van der Waals surface area (Å²) in [6.07, 6.45) is 0.278. The molecule has 0 aromatic carbocycles. The van der Waals surface area contributed by atoms with E-state index in [1.165, 1.54) is 0 Å². The third-order valence-electron chi connectivity index (χ3n) is 2.72. The van der Waals surface area contributed by atoms with E-state index in [-0.39, 0.29) is 25.6 Å². The van der Waals surface area contributed by atoms with Crippen LogP contribution in [0.5, 0.6) is 0 Å². The van der Waals surface area contributed by atoms with Crippen molar-refractivity contribution in [3.05, 3.63) is 0 Å². The first-order chi connectivity index (χ1) is 8.83. The van der Waals surface area contributed by atoms with Crippen molar-refractivity contribution in [3.8, 4) is 0 Å². The summed E-state index contributed by atoms with van der Waals surface area (Å²) >= 11 is 0. The lowest BCUT2D eigenvalue weighted by atomic mass is 10.0. The highest BCUT2D eigenvalue weighted by Crippen LogP contribution is 2.29. The van der Waals surface area contributed by atoms with E-state index in [2.05, 4.69) is 5.32 Å². The second kappa shape index (κ2) is 6.01. The molecule has 1 fully saturated rings. The lowest BCUT2D eigenvalue weighted by molar-refractivity contribution is -0.155. The topological polar surface area (TPSA) is 105 Å². The van der Waals surface area contributed by atoms with Crippen LogP contribution in [-0.2, 0) is 23.9 Å². The van der Waals surface area contributed by atoms with Crippen LogP contribution in [0.4, 0.5) is 0 Å². The number of ether oxygens (including phenoxy) is 2. The molecule has 0 bridgehead atoms. The molecule has 1 aliphatic rings. The fraction of sp³-hybridized carbons (Fsp3) is 0.750. The van der Waals surface area contributed by atoms with Gasteiger partial charge in [0.25, 0.3) is 11.5 Å². The molecule has 2 N–H and O–H groups in total. The van der Waals surface area contributed by atoms with E-state index in [1.807, 2.05) is 13.8 Å². The summed E-state index contributed by atoms with van der Waals surface area (Å²) in [6.45, 7) is 5.36. The van der Waals surface area contributed by atoms with Crippen LogP contribution >= 0.6 is 0 Å². The van der Waals surface area contributed by atoms with Gasteiger partial charge in [0, 0.05) is 0 Å². The van der Waals surface area contributed by atoms with Crippen molar-refractivity contribution in [1.82, 2.24) is 5.32 Å².